The van der Waals surface area contributed by atoms with Gasteiger partial charge in [0.05, 0.1) is 0 Å². The van der Waals surface area contributed by atoms with Crippen LogP contribution in [0.2, 0.25) is 0 Å². The van der Waals surface area contributed by atoms with Crippen LogP contribution in [-0.2, 0) is 4.74 Å². The van der Waals surface area contributed by atoms with E-state index in [4.69, 9.17) is 4.74 Å². The zero-order valence-corrected chi connectivity index (χ0v) is 15.4. The van der Waals surface area contributed by atoms with E-state index in [1.165, 1.54) is 45.1 Å². The molecule has 0 bridgehead atoms. The van der Waals surface area contributed by atoms with Crippen molar-refractivity contribution in [1.82, 2.24) is 15.5 Å². The standard InChI is InChI=1S/C18H36N4O/c1-4-22-12-7-8-16(22)14-20-17(19-2)21-15-18(11-13-23-3)9-5-6-10-18/h16H,4-15H2,1-3H3,(H2,19,20,21). The van der Waals surface area contributed by atoms with Gasteiger partial charge in [-0.2, -0.15) is 0 Å². The zero-order chi connectivity index (χ0) is 16.5. The van der Waals surface area contributed by atoms with Crippen LogP contribution in [0.4, 0.5) is 0 Å². The third-order valence-electron chi connectivity index (χ3n) is 5.77. The maximum atomic E-state index is 5.32. The highest BCUT2D eigenvalue weighted by atomic mass is 16.5. The highest BCUT2D eigenvalue weighted by molar-refractivity contribution is 5.79. The molecule has 1 heterocycles. The normalized spacial score (nSPS) is 25.0. The van der Waals surface area contributed by atoms with Crippen molar-refractivity contribution in [2.24, 2.45) is 10.4 Å². The first-order valence-corrected chi connectivity index (χ1v) is 9.40. The summed E-state index contributed by atoms with van der Waals surface area (Å²) in [5.74, 6) is 0.955. The molecule has 1 aliphatic carbocycles. The predicted octanol–water partition coefficient (Wildman–Crippen LogP) is 2.23. The molecule has 2 N–H and O–H groups in total. The summed E-state index contributed by atoms with van der Waals surface area (Å²) in [5, 5.41) is 7.12. The number of hydrogen-bond donors (Lipinski definition) is 2. The van der Waals surface area contributed by atoms with E-state index < -0.39 is 0 Å². The van der Waals surface area contributed by atoms with Crippen LogP contribution in [0.15, 0.2) is 4.99 Å². The topological polar surface area (TPSA) is 48.9 Å². The molecule has 0 aromatic rings. The van der Waals surface area contributed by atoms with Gasteiger partial charge in [0.15, 0.2) is 5.96 Å². The molecular formula is C18H36N4O. The summed E-state index contributed by atoms with van der Waals surface area (Å²) in [6.07, 6.45) is 9.11. The summed E-state index contributed by atoms with van der Waals surface area (Å²) in [6.45, 7) is 7.52. The van der Waals surface area contributed by atoms with Crippen molar-refractivity contribution in [3.05, 3.63) is 0 Å². The van der Waals surface area contributed by atoms with E-state index in [1.807, 2.05) is 7.05 Å². The largest absolute Gasteiger partial charge is 0.385 e. The van der Waals surface area contributed by atoms with Crippen LogP contribution in [0.3, 0.4) is 0 Å². The van der Waals surface area contributed by atoms with Crippen LogP contribution in [0.5, 0.6) is 0 Å². The van der Waals surface area contributed by atoms with Crippen molar-refractivity contribution in [3.63, 3.8) is 0 Å². The van der Waals surface area contributed by atoms with E-state index in [0.29, 0.717) is 11.5 Å². The molecule has 0 aromatic heterocycles. The van der Waals surface area contributed by atoms with Crippen LogP contribution in [-0.4, -0.2) is 63.8 Å². The Balaban J connectivity index is 1.77. The molecule has 2 rings (SSSR count). The Labute approximate surface area is 142 Å². The van der Waals surface area contributed by atoms with Crippen molar-refractivity contribution in [2.75, 3.05) is 46.9 Å². The van der Waals surface area contributed by atoms with Gasteiger partial charge in [-0.15, -0.1) is 0 Å². The van der Waals surface area contributed by atoms with Crippen molar-refractivity contribution in [3.8, 4) is 0 Å². The minimum Gasteiger partial charge on any atom is -0.385 e. The fourth-order valence-corrected chi connectivity index (χ4v) is 4.21. The first-order chi connectivity index (χ1) is 11.2. The Hall–Kier alpha value is -0.810. The van der Waals surface area contributed by atoms with Gasteiger partial charge in [-0.3, -0.25) is 9.89 Å². The Morgan fingerprint density at radius 3 is 2.70 bits per heavy atom. The van der Waals surface area contributed by atoms with Crippen molar-refractivity contribution in [2.45, 2.75) is 57.9 Å². The monoisotopic (exact) mass is 324 g/mol. The predicted molar refractivity (Wildman–Crippen MR) is 97.0 cm³/mol. The van der Waals surface area contributed by atoms with Crippen molar-refractivity contribution < 1.29 is 4.74 Å². The average molecular weight is 325 g/mol. The molecule has 0 amide bonds. The number of rotatable bonds is 8. The van der Waals surface area contributed by atoms with Crippen LogP contribution in [0, 0.1) is 5.41 Å². The summed E-state index contributed by atoms with van der Waals surface area (Å²) in [6, 6.07) is 0.660. The molecule has 1 saturated heterocycles. The van der Waals surface area contributed by atoms with Gasteiger partial charge in [-0.05, 0) is 50.6 Å². The van der Waals surface area contributed by atoms with E-state index in [9.17, 15) is 0 Å². The summed E-state index contributed by atoms with van der Waals surface area (Å²) in [7, 11) is 3.68. The summed E-state index contributed by atoms with van der Waals surface area (Å²) in [5.41, 5.74) is 0.399. The Bertz CT molecular complexity index is 366. The molecule has 1 atom stereocenters. The average Bonchev–Trinajstić information content (AvgIpc) is 3.22. The quantitative estimate of drug-likeness (QED) is 0.531. The van der Waals surface area contributed by atoms with Gasteiger partial charge < -0.3 is 15.4 Å². The zero-order valence-electron chi connectivity index (χ0n) is 15.4. The molecule has 23 heavy (non-hydrogen) atoms. The van der Waals surface area contributed by atoms with Crippen LogP contribution in [0.25, 0.3) is 0 Å². The number of likely N-dealkylation sites (N-methyl/N-ethyl adjacent to an activating group) is 1. The first-order valence-electron chi connectivity index (χ1n) is 9.40. The van der Waals surface area contributed by atoms with Gasteiger partial charge in [0.25, 0.3) is 0 Å². The van der Waals surface area contributed by atoms with E-state index in [0.717, 1.165) is 38.6 Å². The number of ether oxygens (including phenoxy) is 1. The summed E-state index contributed by atoms with van der Waals surface area (Å²) in [4.78, 5) is 6.98. The van der Waals surface area contributed by atoms with Crippen LogP contribution < -0.4 is 10.6 Å². The summed E-state index contributed by atoms with van der Waals surface area (Å²) < 4.78 is 5.32. The minimum absolute atomic E-state index is 0.399. The lowest BCUT2D eigenvalue weighted by Crippen LogP contribution is -2.47. The van der Waals surface area contributed by atoms with E-state index >= 15 is 0 Å². The second-order valence-corrected chi connectivity index (χ2v) is 7.18. The maximum Gasteiger partial charge on any atom is 0.191 e. The number of methoxy groups -OCH3 is 1. The third kappa shape index (κ3) is 5.35. The molecule has 134 valence electrons. The van der Waals surface area contributed by atoms with E-state index in [1.54, 1.807) is 7.11 Å². The first kappa shape index (κ1) is 18.5. The van der Waals surface area contributed by atoms with Gasteiger partial charge in [-0.25, -0.2) is 0 Å². The van der Waals surface area contributed by atoms with E-state index in [-0.39, 0.29) is 0 Å². The Morgan fingerprint density at radius 2 is 2.04 bits per heavy atom. The molecule has 1 saturated carbocycles. The second-order valence-electron chi connectivity index (χ2n) is 7.18. The fourth-order valence-electron chi connectivity index (χ4n) is 4.21. The SMILES string of the molecule is CCN1CCCC1CNC(=NC)NCC1(CCOC)CCCC1. The smallest absolute Gasteiger partial charge is 0.191 e. The molecular weight excluding hydrogens is 288 g/mol. The number of likely N-dealkylation sites (tertiary alicyclic amines) is 1. The maximum absolute atomic E-state index is 5.32. The molecule has 2 fully saturated rings. The Morgan fingerprint density at radius 1 is 1.26 bits per heavy atom. The molecule has 0 aromatic carbocycles. The molecule has 0 spiro atoms. The lowest BCUT2D eigenvalue weighted by Gasteiger charge is -2.30. The number of nitrogens with zero attached hydrogens (tertiary/aromatic N) is 2. The lowest BCUT2D eigenvalue weighted by atomic mass is 9.83. The van der Waals surface area contributed by atoms with Gasteiger partial charge in [0.1, 0.15) is 0 Å². The van der Waals surface area contributed by atoms with Gasteiger partial charge in [0, 0.05) is 39.9 Å². The lowest BCUT2D eigenvalue weighted by molar-refractivity contribution is 0.138. The second kappa shape index (κ2) is 9.48. The molecule has 1 aliphatic heterocycles. The van der Waals surface area contributed by atoms with Gasteiger partial charge >= 0.3 is 0 Å². The Kier molecular flexibility index (Phi) is 7.63. The third-order valence-corrected chi connectivity index (χ3v) is 5.77. The van der Waals surface area contributed by atoms with Crippen molar-refractivity contribution in [1.29, 1.82) is 0 Å². The van der Waals surface area contributed by atoms with Gasteiger partial charge in [-0.1, -0.05) is 19.8 Å². The van der Waals surface area contributed by atoms with Crippen LogP contribution in [0.1, 0.15) is 51.9 Å². The van der Waals surface area contributed by atoms with Gasteiger partial charge in [0.2, 0.25) is 0 Å². The number of nitrogens with one attached hydrogen (secondary N) is 2. The highest BCUT2D eigenvalue weighted by Crippen LogP contribution is 2.40. The van der Waals surface area contributed by atoms with Crippen molar-refractivity contribution >= 4 is 5.96 Å². The molecule has 1 unspecified atom stereocenters. The number of guanidine groups is 1. The molecule has 5 nitrogen and oxygen atoms in total. The number of hydrogen-bond acceptors (Lipinski definition) is 3. The molecule has 2 aliphatic rings. The van der Waals surface area contributed by atoms with Crippen LogP contribution >= 0.6 is 0 Å². The van der Waals surface area contributed by atoms with E-state index in [2.05, 4.69) is 27.4 Å². The number of aliphatic imine (C=N–C) groups is 1. The molecule has 0 radical (unpaired) electrons. The highest BCUT2D eigenvalue weighted by Gasteiger charge is 2.33. The summed E-state index contributed by atoms with van der Waals surface area (Å²) >= 11 is 0. The molecule has 5 heteroatoms. The minimum atomic E-state index is 0.399. The fraction of sp³-hybridized carbons (Fsp3) is 0.944.